The number of nitrogens with zero attached hydrogens (tertiary/aromatic N) is 2. The quantitative estimate of drug-likeness (QED) is 0.753. The van der Waals surface area contributed by atoms with Crippen molar-refractivity contribution in [3.8, 4) is 11.5 Å². The Morgan fingerprint density at radius 1 is 1.14 bits per heavy atom. The Bertz CT molecular complexity index is 754. The molecule has 0 unspecified atom stereocenters. The van der Waals surface area contributed by atoms with E-state index in [-0.39, 0.29) is 0 Å². The molecule has 2 aromatic heterocycles. The predicted octanol–water partition coefficient (Wildman–Crippen LogP) is 2.59. The van der Waals surface area contributed by atoms with Gasteiger partial charge in [-0.3, -0.25) is 0 Å². The van der Waals surface area contributed by atoms with Crippen molar-refractivity contribution in [2.75, 3.05) is 19.5 Å². The Labute approximate surface area is 122 Å². The van der Waals surface area contributed by atoms with Crippen LogP contribution in [0, 0.1) is 0 Å². The molecule has 0 saturated heterocycles. The fraction of sp³-hybridized carbons (Fsp3) is 0.200. The molecule has 0 radical (unpaired) electrons. The van der Waals surface area contributed by atoms with Gasteiger partial charge in [0.1, 0.15) is 29.3 Å². The Balaban J connectivity index is 1.83. The van der Waals surface area contributed by atoms with Crippen molar-refractivity contribution in [3.63, 3.8) is 0 Å². The normalized spacial score (nSPS) is 10.6. The van der Waals surface area contributed by atoms with Crippen LogP contribution in [-0.2, 0) is 6.54 Å². The molecule has 0 saturated carbocycles. The minimum Gasteiger partial charge on any atom is -0.497 e. The lowest BCUT2D eigenvalue weighted by atomic mass is 10.2. The van der Waals surface area contributed by atoms with Crippen molar-refractivity contribution in [1.82, 2.24) is 15.0 Å². The second-order valence-corrected chi connectivity index (χ2v) is 4.49. The van der Waals surface area contributed by atoms with Crippen molar-refractivity contribution < 1.29 is 9.47 Å². The van der Waals surface area contributed by atoms with Crippen LogP contribution in [0.2, 0.25) is 0 Å². The van der Waals surface area contributed by atoms with Crippen LogP contribution in [0.15, 0.2) is 36.8 Å². The topological polar surface area (TPSA) is 72.1 Å². The molecule has 0 spiro atoms. The number of ether oxygens (including phenoxy) is 2. The van der Waals surface area contributed by atoms with Crippen LogP contribution in [0.25, 0.3) is 11.0 Å². The van der Waals surface area contributed by atoms with Gasteiger partial charge >= 0.3 is 0 Å². The minimum atomic E-state index is 0.602. The average molecular weight is 284 g/mol. The van der Waals surface area contributed by atoms with E-state index in [1.54, 1.807) is 14.2 Å². The summed E-state index contributed by atoms with van der Waals surface area (Å²) in [6, 6.07) is 7.69. The summed E-state index contributed by atoms with van der Waals surface area (Å²) in [7, 11) is 3.28. The Morgan fingerprint density at radius 3 is 2.86 bits per heavy atom. The standard InChI is InChI=1S/C15H16N4O2/c1-20-11-4-3-10(13(7-11)21-2)8-17-15-12-5-6-16-14(12)18-9-19-15/h3-7,9H,8H2,1-2H3,(H2,16,17,18,19). The molecule has 3 rings (SSSR count). The first-order valence-corrected chi connectivity index (χ1v) is 6.54. The summed E-state index contributed by atoms with van der Waals surface area (Å²) < 4.78 is 10.6. The zero-order chi connectivity index (χ0) is 14.7. The number of hydrogen-bond acceptors (Lipinski definition) is 5. The van der Waals surface area contributed by atoms with Gasteiger partial charge in [0, 0.05) is 24.4 Å². The number of hydrogen-bond donors (Lipinski definition) is 2. The SMILES string of the molecule is COc1ccc(CNc2ncnc3[nH]ccc23)c(OC)c1. The van der Waals surface area contributed by atoms with Gasteiger partial charge in [0.2, 0.25) is 0 Å². The lowest BCUT2D eigenvalue weighted by Gasteiger charge is -2.12. The van der Waals surface area contributed by atoms with Gasteiger partial charge in [0.25, 0.3) is 0 Å². The molecule has 0 amide bonds. The van der Waals surface area contributed by atoms with E-state index in [0.29, 0.717) is 6.54 Å². The maximum atomic E-state index is 5.39. The van der Waals surface area contributed by atoms with Gasteiger partial charge in [-0.25, -0.2) is 9.97 Å². The number of aromatic amines is 1. The molecule has 6 nitrogen and oxygen atoms in total. The van der Waals surface area contributed by atoms with Gasteiger partial charge in [-0.05, 0) is 18.2 Å². The number of nitrogens with one attached hydrogen (secondary N) is 2. The Morgan fingerprint density at radius 2 is 2.05 bits per heavy atom. The smallest absolute Gasteiger partial charge is 0.142 e. The number of fused-ring (bicyclic) bond motifs is 1. The molecule has 2 N–H and O–H groups in total. The average Bonchev–Trinajstić information content (AvgIpc) is 3.01. The van der Waals surface area contributed by atoms with Gasteiger partial charge in [0.15, 0.2) is 0 Å². The molecule has 2 heterocycles. The Kier molecular flexibility index (Phi) is 3.59. The van der Waals surface area contributed by atoms with E-state index in [4.69, 9.17) is 9.47 Å². The van der Waals surface area contributed by atoms with E-state index < -0.39 is 0 Å². The van der Waals surface area contributed by atoms with E-state index in [9.17, 15) is 0 Å². The molecule has 0 atom stereocenters. The van der Waals surface area contributed by atoms with E-state index in [1.807, 2.05) is 30.5 Å². The molecular weight excluding hydrogens is 268 g/mol. The molecule has 0 aliphatic rings. The van der Waals surface area contributed by atoms with Crippen LogP contribution >= 0.6 is 0 Å². The van der Waals surface area contributed by atoms with E-state index in [1.165, 1.54) is 6.33 Å². The van der Waals surface area contributed by atoms with Crippen LogP contribution < -0.4 is 14.8 Å². The third-order valence-corrected chi connectivity index (χ3v) is 3.29. The van der Waals surface area contributed by atoms with Gasteiger partial charge in [-0.15, -0.1) is 0 Å². The largest absolute Gasteiger partial charge is 0.497 e. The number of H-pyrrole nitrogens is 1. The highest BCUT2D eigenvalue weighted by molar-refractivity contribution is 5.86. The highest BCUT2D eigenvalue weighted by Crippen LogP contribution is 2.26. The molecule has 0 fully saturated rings. The van der Waals surface area contributed by atoms with Gasteiger partial charge in [0.05, 0.1) is 19.6 Å². The lowest BCUT2D eigenvalue weighted by molar-refractivity contribution is 0.391. The monoisotopic (exact) mass is 284 g/mol. The third-order valence-electron chi connectivity index (χ3n) is 3.29. The summed E-state index contributed by atoms with van der Waals surface area (Å²) in [6.07, 6.45) is 3.38. The molecule has 3 aromatic rings. The van der Waals surface area contributed by atoms with Crippen LogP contribution in [0.4, 0.5) is 5.82 Å². The highest BCUT2D eigenvalue weighted by Gasteiger charge is 2.07. The maximum absolute atomic E-state index is 5.39. The van der Waals surface area contributed by atoms with E-state index in [2.05, 4.69) is 20.3 Å². The minimum absolute atomic E-state index is 0.602. The van der Waals surface area contributed by atoms with Crippen molar-refractivity contribution in [2.45, 2.75) is 6.54 Å². The third kappa shape index (κ3) is 2.60. The van der Waals surface area contributed by atoms with E-state index in [0.717, 1.165) is 33.9 Å². The van der Waals surface area contributed by atoms with Crippen LogP contribution in [-0.4, -0.2) is 29.2 Å². The Hall–Kier alpha value is -2.76. The lowest BCUT2D eigenvalue weighted by Crippen LogP contribution is -2.04. The molecule has 0 aliphatic carbocycles. The van der Waals surface area contributed by atoms with Crippen molar-refractivity contribution >= 4 is 16.9 Å². The number of benzene rings is 1. The summed E-state index contributed by atoms with van der Waals surface area (Å²) >= 11 is 0. The van der Waals surface area contributed by atoms with Crippen LogP contribution in [0.3, 0.4) is 0 Å². The molecular formula is C15H16N4O2. The van der Waals surface area contributed by atoms with Crippen LogP contribution in [0.5, 0.6) is 11.5 Å². The van der Waals surface area contributed by atoms with Crippen molar-refractivity contribution in [2.24, 2.45) is 0 Å². The van der Waals surface area contributed by atoms with Gasteiger partial charge < -0.3 is 19.8 Å². The summed E-state index contributed by atoms with van der Waals surface area (Å²) in [5.41, 5.74) is 1.84. The number of rotatable bonds is 5. The highest BCUT2D eigenvalue weighted by atomic mass is 16.5. The predicted molar refractivity (Wildman–Crippen MR) is 80.8 cm³/mol. The molecule has 21 heavy (non-hydrogen) atoms. The summed E-state index contributed by atoms with van der Waals surface area (Å²) in [5, 5.41) is 4.27. The molecule has 108 valence electrons. The van der Waals surface area contributed by atoms with Crippen molar-refractivity contribution in [1.29, 1.82) is 0 Å². The second-order valence-electron chi connectivity index (χ2n) is 4.49. The summed E-state index contributed by atoms with van der Waals surface area (Å²) in [4.78, 5) is 11.5. The summed E-state index contributed by atoms with van der Waals surface area (Å²) in [5.74, 6) is 2.34. The first-order chi connectivity index (χ1) is 10.3. The molecule has 0 bridgehead atoms. The molecule has 0 aliphatic heterocycles. The first-order valence-electron chi connectivity index (χ1n) is 6.54. The fourth-order valence-corrected chi connectivity index (χ4v) is 2.19. The number of anilines is 1. The van der Waals surface area contributed by atoms with Crippen molar-refractivity contribution in [3.05, 3.63) is 42.4 Å². The molecule has 1 aromatic carbocycles. The molecule has 6 heteroatoms. The number of aromatic nitrogens is 3. The zero-order valence-electron chi connectivity index (χ0n) is 11.9. The summed E-state index contributed by atoms with van der Waals surface area (Å²) in [6.45, 7) is 0.602. The van der Waals surface area contributed by atoms with Gasteiger partial charge in [-0.1, -0.05) is 0 Å². The van der Waals surface area contributed by atoms with Gasteiger partial charge in [-0.2, -0.15) is 0 Å². The van der Waals surface area contributed by atoms with Crippen LogP contribution in [0.1, 0.15) is 5.56 Å². The van der Waals surface area contributed by atoms with E-state index >= 15 is 0 Å². The first kappa shape index (κ1) is 13.2. The maximum Gasteiger partial charge on any atom is 0.142 e. The second kappa shape index (κ2) is 5.70. The zero-order valence-corrected chi connectivity index (χ0v) is 11.9. The number of methoxy groups -OCH3 is 2. The fourth-order valence-electron chi connectivity index (χ4n) is 2.19.